The Morgan fingerprint density at radius 2 is 1.73 bits per heavy atom. The van der Waals surface area contributed by atoms with E-state index >= 15 is 0 Å². The standard InChI is InChI=1S/C14H19N/c1-10-6-9-14(15-11-7-8-11)13-5-3-2-4-12(10)13/h2-5,10-11,14-15H,6-9H2,1H3/t10-,14-/m1/s1. The van der Waals surface area contributed by atoms with Gasteiger partial charge in [0.2, 0.25) is 0 Å². The molecule has 2 aliphatic carbocycles. The summed E-state index contributed by atoms with van der Waals surface area (Å²) in [4.78, 5) is 0. The molecule has 0 unspecified atom stereocenters. The zero-order valence-corrected chi connectivity index (χ0v) is 9.37. The second-order valence-electron chi connectivity index (χ2n) is 5.10. The van der Waals surface area contributed by atoms with E-state index in [-0.39, 0.29) is 0 Å². The van der Waals surface area contributed by atoms with E-state index in [2.05, 4.69) is 36.5 Å². The molecule has 1 aromatic rings. The third kappa shape index (κ3) is 1.81. The third-order valence-corrected chi connectivity index (χ3v) is 3.80. The highest BCUT2D eigenvalue weighted by Gasteiger charge is 2.29. The lowest BCUT2D eigenvalue weighted by molar-refractivity contribution is 0.430. The van der Waals surface area contributed by atoms with Gasteiger partial charge in [-0.05, 0) is 42.7 Å². The summed E-state index contributed by atoms with van der Waals surface area (Å²) < 4.78 is 0. The van der Waals surface area contributed by atoms with Crippen LogP contribution in [0.5, 0.6) is 0 Å². The molecule has 0 radical (unpaired) electrons. The first-order chi connectivity index (χ1) is 7.34. The van der Waals surface area contributed by atoms with Gasteiger partial charge in [0.1, 0.15) is 0 Å². The molecule has 2 aliphatic rings. The van der Waals surface area contributed by atoms with Crippen LogP contribution in [0, 0.1) is 0 Å². The van der Waals surface area contributed by atoms with Crippen molar-refractivity contribution in [2.45, 2.75) is 50.6 Å². The van der Waals surface area contributed by atoms with Crippen LogP contribution in [-0.2, 0) is 0 Å². The summed E-state index contributed by atoms with van der Waals surface area (Å²) in [5.74, 6) is 0.749. The first-order valence-electron chi connectivity index (χ1n) is 6.19. The molecule has 1 saturated carbocycles. The van der Waals surface area contributed by atoms with E-state index in [1.807, 2.05) is 0 Å². The molecule has 1 fully saturated rings. The lowest BCUT2D eigenvalue weighted by Crippen LogP contribution is -2.27. The predicted octanol–water partition coefficient (Wildman–Crippen LogP) is 3.38. The number of fused-ring (bicyclic) bond motifs is 1. The molecule has 0 saturated heterocycles. The fourth-order valence-electron chi connectivity index (χ4n) is 2.71. The van der Waals surface area contributed by atoms with Gasteiger partial charge in [-0.2, -0.15) is 0 Å². The van der Waals surface area contributed by atoms with Crippen LogP contribution in [0.15, 0.2) is 24.3 Å². The maximum Gasteiger partial charge on any atom is 0.0325 e. The van der Waals surface area contributed by atoms with Crippen LogP contribution in [0.4, 0.5) is 0 Å². The van der Waals surface area contributed by atoms with Gasteiger partial charge in [0.15, 0.2) is 0 Å². The number of benzene rings is 1. The third-order valence-electron chi connectivity index (χ3n) is 3.80. The molecule has 1 heteroatoms. The smallest absolute Gasteiger partial charge is 0.0325 e. The number of rotatable bonds is 2. The Morgan fingerprint density at radius 3 is 2.47 bits per heavy atom. The van der Waals surface area contributed by atoms with Gasteiger partial charge in [0.05, 0.1) is 0 Å². The van der Waals surface area contributed by atoms with Gasteiger partial charge in [-0.1, -0.05) is 31.2 Å². The van der Waals surface area contributed by atoms with Gasteiger partial charge < -0.3 is 5.32 Å². The first kappa shape index (κ1) is 9.41. The maximum atomic E-state index is 3.77. The Kier molecular flexibility index (Phi) is 2.28. The molecule has 3 rings (SSSR count). The molecule has 0 bridgehead atoms. The largest absolute Gasteiger partial charge is 0.307 e. The Morgan fingerprint density at radius 1 is 1.00 bits per heavy atom. The van der Waals surface area contributed by atoms with E-state index < -0.39 is 0 Å². The van der Waals surface area contributed by atoms with Crippen molar-refractivity contribution in [2.75, 3.05) is 0 Å². The monoisotopic (exact) mass is 201 g/mol. The van der Waals surface area contributed by atoms with Crippen molar-refractivity contribution in [3.8, 4) is 0 Å². The van der Waals surface area contributed by atoms with Gasteiger partial charge in [-0.15, -0.1) is 0 Å². The molecule has 0 spiro atoms. The van der Waals surface area contributed by atoms with Crippen molar-refractivity contribution in [3.05, 3.63) is 35.4 Å². The van der Waals surface area contributed by atoms with Gasteiger partial charge >= 0.3 is 0 Å². The lowest BCUT2D eigenvalue weighted by atomic mass is 9.81. The molecular weight excluding hydrogens is 182 g/mol. The average molecular weight is 201 g/mol. The number of nitrogens with one attached hydrogen (secondary N) is 1. The Balaban J connectivity index is 1.89. The van der Waals surface area contributed by atoms with E-state index in [1.165, 1.54) is 25.7 Å². The van der Waals surface area contributed by atoms with Gasteiger partial charge in [-0.25, -0.2) is 0 Å². The average Bonchev–Trinajstić information content (AvgIpc) is 3.07. The molecule has 2 atom stereocenters. The van der Waals surface area contributed by atoms with Crippen molar-refractivity contribution in [1.29, 1.82) is 0 Å². The Labute approximate surface area is 91.9 Å². The first-order valence-corrected chi connectivity index (χ1v) is 6.19. The highest BCUT2D eigenvalue weighted by atomic mass is 15.0. The summed E-state index contributed by atoms with van der Waals surface area (Å²) >= 11 is 0. The highest BCUT2D eigenvalue weighted by Crippen LogP contribution is 2.38. The van der Waals surface area contributed by atoms with Crippen molar-refractivity contribution >= 4 is 0 Å². The second-order valence-corrected chi connectivity index (χ2v) is 5.10. The maximum absolute atomic E-state index is 3.77. The normalized spacial score (nSPS) is 29.9. The van der Waals surface area contributed by atoms with E-state index in [0.717, 1.165) is 12.0 Å². The molecule has 80 valence electrons. The van der Waals surface area contributed by atoms with Crippen LogP contribution < -0.4 is 5.32 Å². The van der Waals surface area contributed by atoms with Crippen molar-refractivity contribution < 1.29 is 0 Å². The fraction of sp³-hybridized carbons (Fsp3) is 0.571. The fourth-order valence-corrected chi connectivity index (χ4v) is 2.71. The second kappa shape index (κ2) is 3.64. The van der Waals surface area contributed by atoms with Gasteiger partial charge in [0, 0.05) is 12.1 Å². The molecule has 1 nitrogen and oxygen atoms in total. The zero-order chi connectivity index (χ0) is 10.3. The van der Waals surface area contributed by atoms with Crippen LogP contribution in [-0.4, -0.2) is 6.04 Å². The van der Waals surface area contributed by atoms with E-state index in [4.69, 9.17) is 0 Å². The van der Waals surface area contributed by atoms with Crippen LogP contribution in [0.25, 0.3) is 0 Å². The van der Waals surface area contributed by atoms with E-state index in [0.29, 0.717) is 6.04 Å². The molecule has 0 heterocycles. The molecular formula is C14H19N. The van der Waals surface area contributed by atoms with Crippen LogP contribution in [0.2, 0.25) is 0 Å². The molecule has 0 aliphatic heterocycles. The summed E-state index contributed by atoms with van der Waals surface area (Å²) in [7, 11) is 0. The zero-order valence-electron chi connectivity index (χ0n) is 9.37. The quantitative estimate of drug-likeness (QED) is 0.773. The van der Waals surface area contributed by atoms with Gasteiger partial charge in [-0.3, -0.25) is 0 Å². The van der Waals surface area contributed by atoms with E-state index in [9.17, 15) is 0 Å². The molecule has 15 heavy (non-hydrogen) atoms. The van der Waals surface area contributed by atoms with Crippen molar-refractivity contribution in [2.24, 2.45) is 0 Å². The minimum absolute atomic E-state index is 0.630. The lowest BCUT2D eigenvalue weighted by Gasteiger charge is -2.30. The summed E-state index contributed by atoms with van der Waals surface area (Å²) in [5.41, 5.74) is 3.13. The van der Waals surface area contributed by atoms with Crippen molar-refractivity contribution in [3.63, 3.8) is 0 Å². The summed E-state index contributed by atoms with van der Waals surface area (Å²) in [6.07, 6.45) is 5.42. The molecule has 1 N–H and O–H groups in total. The van der Waals surface area contributed by atoms with E-state index in [1.54, 1.807) is 11.1 Å². The summed E-state index contributed by atoms with van der Waals surface area (Å²) in [6, 6.07) is 10.4. The molecule has 0 amide bonds. The summed E-state index contributed by atoms with van der Waals surface area (Å²) in [5, 5.41) is 3.77. The summed E-state index contributed by atoms with van der Waals surface area (Å²) in [6.45, 7) is 2.35. The minimum atomic E-state index is 0.630. The van der Waals surface area contributed by atoms with Crippen molar-refractivity contribution in [1.82, 2.24) is 5.32 Å². The topological polar surface area (TPSA) is 12.0 Å². The molecule has 0 aromatic heterocycles. The molecule has 1 aromatic carbocycles. The Bertz CT molecular complexity index is 354. The highest BCUT2D eigenvalue weighted by molar-refractivity contribution is 5.35. The van der Waals surface area contributed by atoms with Crippen LogP contribution in [0.3, 0.4) is 0 Å². The predicted molar refractivity (Wildman–Crippen MR) is 63.0 cm³/mol. The van der Waals surface area contributed by atoms with Gasteiger partial charge in [0.25, 0.3) is 0 Å². The van der Waals surface area contributed by atoms with Crippen LogP contribution in [0.1, 0.15) is 55.7 Å². The number of hydrogen-bond donors (Lipinski definition) is 1. The van der Waals surface area contributed by atoms with Crippen LogP contribution >= 0.6 is 0 Å². The minimum Gasteiger partial charge on any atom is -0.307 e. The SMILES string of the molecule is C[C@@H]1CC[C@@H](NC2CC2)c2ccccc21. The number of hydrogen-bond acceptors (Lipinski definition) is 1. The Hall–Kier alpha value is -0.820.